The third-order valence-corrected chi connectivity index (χ3v) is 4.81. The highest BCUT2D eigenvalue weighted by molar-refractivity contribution is 6.02. The van der Waals surface area contributed by atoms with E-state index in [1.807, 2.05) is 36.9 Å². The van der Waals surface area contributed by atoms with Gasteiger partial charge in [-0.3, -0.25) is 4.79 Å². The SMILES string of the molecule is CC(=O)c1cc2cc(C)c(C)cc2nc1N1CCCC(F)(F)CC1. The molecule has 0 atom stereocenters. The second-order valence-corrected chi connectivity index (χ2v) is 6.74. The first-order valence-electron chi connectivity index (χ1n) is 8.32. The van der Waals surface area contributed by atoms with E-state index in [1.54, 1.807) is 0 Å². The molecular weight excluding hydrogens is 310 g/mol. The van der Waals surface area contributed by atoms with Gasteiger partial charge in [-0.25, -0.2) is 13.8 Å². The van der Waals surface area contributed by atoms with E-state index in [1.165, 1.54) is 6.92 Å². The van der Waals surface area contributed by atoms with Crippen LogP contribution in [0, 0.1) is 13.8 Å². The van der Waals surface area contributed by atoms with Gasteiger partial charge in [-0.15, -0.1) is 0 Å². The maximum atomic E-state index is 13.6. The normalized spacial score (nSPS) is 17.8. The van der Waals surface area contributed by atoms with E-state index in [-0.39, 0.29) is 25.2 Å². The number of aromatic nitrogens is 1. The summed E-state index contributed by atoms with van der Waals surface area (Å²) in [5.41, 5.74) is 3.57. The van der Waals surface area contributed by atoms with Gasteiger partial charge < -0.3 is 4.90 Å². The Kier molecular flexibility index (Phi) is 4.28. The topological polar surface area (TPSA) is 33.2 Å². The fraction of sp³-hybridized carbons (Fsp3) is 0.474. The Balaban J connectivity index is 2.09. The molecule has 1 aromatic heterocycles. The van der Waals surface area contributed by atoms with Crippen molar-refractivity contribution >= 4 is 22.5 Å². The monoisotopic (exact) mass is 332 g/mol. The van der Waals surface area contributed by atoms with Crippen LogP contribution in [0.3, 0.4) is 0 Å². The Labute approximate surface area is 140 Å². The fourth-order valence-electron chi connectivity index (χ4n) is 3.21. The molecule has 0 saturated carbocycles. The molecule has 2 aromatic rings. The maximum absolute atomic E-state index is 13.6. The van der Waals surface area contributed by atoms with Gasteiger partial charge in [0.2, 0.25) is 5.92 Å². The van der Waals surface area contributed by atoms with Gasteiger partial charge in [0.15, 0.2) is 5.78 Å². The number of nitrogens with zero attached hydrogens (tertiary/aromatic N) is 2. The Bertz CT molecular complexity index is 802. The molecule has 2 heterocycles. The minimum Gasteiger partial charge on any atom is -0.356 e. The van der Waals surface area contributed by atoms with Crippen molar-refractivity contribution in [1.82, 2.24) is 4.98 Å². The number of ketones is 1. The smallest absolute Gasteiger partial charge is 0.249 e. The van der Waals surface area contributed by atoms with E-state index in [0.29, 0.717) is 24.3 Å². The molecule has 0 bridgehead atoms. The number of benzene rings is 1. The summed E-state index contributed by atoms with van der Waals surface area (Å²) in [6.07, 6.45) is 0.0960. The number of aryl methyl sites for hydroxylation is 2. The molecule has 3 nitrogen and oxygen atoms in total. The first-order chi connectivity index (χ1) is 11.3. The van der Waals surface area contributed by atoms with Crippen molar-refractivity contribution < 1.29 is 13.6 Å². The lowest BCUT2D eigenvalue weighted by Gasteiger charge is -2.24. The number of carbonyl (C=O) groups excluding carboxylic acids is 1. The third-order valence-electron chi connectivity index (χ3n) is 4.81. The van der Waals surface area contributed by atoms with Crippen LogP contribution in [0.15, 0.2) is 18.2 Å². The first-order valence-corrected chi connectivity index (χ1v) is 8.32. The summed E-state index contributed by atoms with van der Waals surface area (Å²) in [5, 5.41) is 0.909. The van der Waals surface area contributed by atoms with Gasteiger partial charge in [0.1, 0.15) is 5.82 Å². The summed E-state index contributed by atoms with van der Waals surface area (Å²) in [6, 6.07) is 5.85. The van der Waals surface area contributed by atoms with Crippen LogP contribution in [-0.4, -0.2) is 29.8 Å². The quantitative estimate of drug-likeness (QED) is 0.749. The molecule has 0 unspecified atom stereocenters. The zero-order valence-electron chi connectivity index (χ0n) is 14.3. The van der Waals surface area contributed by atoms with Crippen LogP contribution in [-0.2, 0) is 0 Å². The number of hydrogen-bond donors (Lipinski definition) is 0. The molecule has 0 radical (unpaired) electrons. The number of hydrogen-bond acceptors (Lipinski definition) is 3. The third kappa shape index (κ3) is 3.25. The number of alkyl halides is 2. The zero-order chi connectivity index (χ0) is 17.5. The number of anilines is 1. The van der Waals surface area contributed by atoms with Crippen LogP contribution < -0.4 is 4.90 Å². The van der Waals surface area contributed by atoms with Gasteiger partial charge in [0.05, 0.1) is 11.1 Å². The van der Waals surface area contributed by atoms with Crippen LogP contribution in [0.2, 0.25) is 0 Å². The van der Waals surface area contributed by atoms with Crippen molar-refractivity contribution in [2.45, 2.75) is 46.0 Å². The lowest BCUT2D eigenvalue weighted by molar-refractivity contribution is -0.0102. The molecule has 1 aliphatic rings. The lowest BCUT2D eigenvalue weighted by Crippen LogP contribution is -2.28. The molecule has 5 heteroatoms. The van der Waals surface area contributed by atoms with Gasteiger partial charge in [0, 0.05) is 31.3 Å². The molecule has 3 rings (SSSR count). The van der Waals surface area contributed by atoms with E-state index in [4.69, 9.17) is 0 Å². The fourth-order valence-corrected chi connectivity index (χ4v) is 3.21. The standard InChI is InChI=1S/C19H22F2N2O/c1-12-9-15-11-16(14(3)24)18(22-17(15)10-13(12)2)23-7-4-5-19(20,21)6-8-23/h9-11H,4-8H2,1-3H3. The summed E-state index contributed by atoms with van der Waals surface area (Å²) < 4.78 is 27.3. The molecule has 1 fully saturated rings. The molecular formula is C19H22F2N2O. The van der Waals surface area contributed by atoms with Crippen LogP contribution in [0.4, 0.5) is 14.6 Å². The van der Waals surface area contributed by atoms with E-state index in [9.17, 15) is 13.6 Å². The Hall–Kier alpha value is -2.04. The second-order valence-electron chi connectivity index (χ2n) is 6.74. The summed E-state index contributed by atoms with van der Waals surface area (Å²) >= 11 is 0. The Morgan fingerprint density at radius 3 is 2.54 bits per heavy atom. The second kappa shape index (κ2) is 6.11. The summed E-state index contributed by atoms with van der Waals surface area (Å²) in [5.74, 6) is -2.18. The molecule has 1 aliphatic heterocycles. The molecule has 0 spiro atoms. The van der Waals surface area contributed by atoms with Crippen molar-refractivity contribution in [3.8, 4) is 0 Å². The van der Waals surface area contributed by atoms with Gasteiger partial charge in [0.25, 0.3) is 0 Å². The van der Waals surface area contributed by atoms with E-state index >= 15 is 0 Å². The van der Waals surface area contributed by atoms with Crippen LogP contribution in [0.5, 0.6) is 0 Å². The zero-order valence-corrected chi connectivity index (χ0v) is 14.3. The highest BCUT2D eigenvalue weighted by Gasteiger charge is 2.32. The number of halogens is 2. The Morgan fingerprint density at radius 2 is 1.83 bits per heavy atom. The molecule has 0 N–H and O–H groups in total. The molecule has 1 aromatic carbocycles. The van der Waals surface area contributed by atoms with Crippen LogP contribution in [0.25, 0.3) is 10.9 Å². The summed E-state index contributed by atoms with van der Waals surface area (Å²) in [6.45, 7) is 6.25. The summed E-state index contributed by atoms with van der Waals surface area (Å²) in [7, 11) is 0. The minimum atomic E-state index is -2.63. The molecule has 0 amide bonds. The molecule has 24 heavy (non-hydrogen) atoms. The van der Waals surface area contributed by atoms with Gasteiger partial charge in [-0.05, 0) is 56.5 Å². The van der Waals surface area contributed by atoms with Crippen LogP contribution >= 0.6 is 0 Å². The van der Waals surface area contributed by atoms with E-state index in [0.717, 1.165) is 22.0 Å². The predicted molar refractivity (Wildman–Crippen MR) is 92.2 cm³/mol. The number of fused-ring (bicyclic) bond motifs is 1. The predicted octanol–water partition coefficient (Wildman–Crippen LogP) is 4.68. The van der Waals surface area contributed by atoms with Crippen LogP contribution in [0.1, 0.15) is 47.7 Å². The average molecular weight is 332 g/mol. The molecule has 1 saturated heterocycles. The minimum absolute atomic E-state index is 0.0892. The van der Waals surface area contributed by atoms with Crippen molar-refractivity contribution in [2.75, 3.05) is 18.0 Å². The number of carbonyl (C=O) groups is 1. The molecule has 128 valence electrons. The van der Waals surface area contributed by atoms with E-state index in [2.05, 4.69) is 4.98 Å². The highest BCUT2D eigenvalue weighted by Crippen LogP contribution is 2.32. The Morgan fingerprint density at radius 1 is 1.12 bits per heavy atom. The first kappa shape index (κ1) is 16.8. The lowest BCUT2D eigenvalue weighted by atomic mass is 10.0. The number of rotatable bonds is 2. The van der Waals surface area contributed by atoms with Gasteiger partial charge in [-0.2, -0.15) is 0 Å². The average Bonchev–Trinajstić information content (AvgIpc) is 2.68. The van der Waals surface area contributed by atoms with Gasteiger partial charge >= 0.3 is 0 Å². The van der Waals surface area contributed by atoms with Crippen molar-refractivity contribution in [1.29, 1.82) is 0 Å². The number of pyridine rings is 1. The maximum Gasteiger partial charge on any atom is 0.249 e. The van der Waals surface area contributed by atoms with Gasteiger partial charge in [-0.1, -0.05) is 0 Å². The molecule has 0 aliphatic carbocycles. The van der Waals surface area contributed by atoms with Crippen molar-refractivity contribution in [3.63, 3.8) is 0 Å². The largest absolute Gasteiger partial charge is 0.356 e. The summed E-state index contributed by atoms with van der Waals surface area (Å²) in [4.78, 5) is 18.6. The van der Waals surface area contributed by atoms with Crippen molar-refractivity contribution in [3.05, 3.63) is 34.9 Å². The van der Waals surface area contributed by atoms with E-state index < -0.39 is 5.92 Å². The van der Waals surface area contributed by atoms with Crippen molar-refractivity contribution in [2.24, 2.45) is 0 Å². The highest BCUT2D eigenvalue weighted by atomic mass is 19.3. The number of Topliss-reactive ketones (excluding diaryl/α,β-unsaturated/α-hetero) is 1.